The van der Waals surface area contributed by atoms with Gasteiger partial charge in [-0.1, -0.05) is 19.9 Å². The minimum atomic E-state index is -0.656. The molecule has 0 aromatic heterocycles. The molecule has 1 amide bonds. The molecule has 0 rings (SSSR count). The minimum absolute atomic E-state index is 0.240. The van der Waals surface area contributed by atoms with Crippen LogP contribution in [0.5, 0.6) is 0 Å². The van der Waals surface area contributed by atoms with Crippen molar-refractivity contribution in [1.29, 1.82) is 0 Å². The first-order valence-corrected chi connectivity index (χ1v) is 5.88. The molecule has 0 aromatic rings. The lowest BCUT2D eigenvalue weighted by atomic mass is 9.97. The lowest BCUT2D eigenvalue weighted by molar-refractivity contribution is -0.126. The van der Waals surface area contributed by atoms with E-state index >= 15 is 0 Å². The molecule has 0 unspecified atom stereocenters. The van der Waals surface area contributed by atoms with Gasteiger partial charge < -0.3 is 9.84 Å². The number of ether oxygens (including phenoxy) is 1. The Bertz CT molecular complexity index is 232. The van der Waals surface area contributed by atoms with Gasteiger partial charge in [-0.3, -0.25) is 10.2 Å². The number of rotatable bonds is 9. The van der Waals surface area contributed by atoms with Crippen molar-refractivity contribution in [2.24, 2.45) is 17.7 Å². The molecule has 0 saturated heterocycles. The van der Waals surface area contributed by atoms with Gasteiger partial charge in [0, 0.05) is 12.5 Å². The van der Waals surface area contributed by atoms with Gasteiger partial charge in [-0.15, -0.1) is 6.58 Å². The van der Waals surface area contributed by atoms with Crippen LogP contribution in [0.15, 0.2) is 12.7 Å². The Balaban J connectivity index is 3.98. The van der Waals surface area contributed by atoms with E-state index in [4.69, 9.17) is 10.6 Å². The third-order valence-electron chi connectivity index (χ3n) is 2.28. The summed E-state index contributed by atoms with van der Waals surface area (Å²) in [6.45, 7) is 8.49. The average molecular weight is 244 g/mol. The first-order valence-electron chi connectivity index (χ1n) is 5.88. The topological polar surface area (TPSA) is 84.6 Å². The Hall–Kier alpha value is -0.910. The number of hydrazine groups is 1. The Labute approximate surface area is 103 Å². The fourth-order valence-corrected chi connectivity index (χ4v) is 1.47. The fraction of sp³-hybridized carbons (Fsp3) is 0.750. The number of hydrogen-bond donors (Lipinski definition) is 3. The van der Waals surface area contributed by atoms with Crippen molar-refractivity contribution in [3.63, 3.8) is 0 Å². The number of nitrogens with two attached hydrogens (primary N) is 1. The highest BCUT2D eigenvalue weighted by molar-refractivity contribution is 5.78. The summed E-state index contributed by atoms with van der Waals surface area (Å²) in [6, 6.07) is 0. The van der Waals surface area contributed by atoms with Crippen molar-refractivity contribution in [1.82, 2.24) is 5.43 Å². The Morgan fingerprint density at radius 3 is 2.65 bits per heavy atom. The van der Waals surface area contributed by atoms with Crippen LogP contribution in [-0.2, 0) is 9.53 Å². The maximum atomic E-state index is 11.4. The molecule has 0 fully saturated rings. The fourth-order valence-electron chi connectivity index (χ4n) is 1.47. The predicted molar refractivity (Wildman–Crippen MR) is 66.9 cm³/mol. The molecule has 0 aliphatic heterocycles. The second-order valence-electron chi connectivity index (χ2n) is 4.55. The zero-order valence-electron chi connectivity index (χ0n) is 10.7. The quantitative estimate of drug-likeness (QED) is 0.240. The lowest BCUT2D eigenvalue weighted by Crippen LogP contribution is -2.37. The number of allylic oxidation sites excluding steroid dienone is 1. The Morgan fingerprint density at radius 2 is 2.18 bits per heavy atom. The number of carbonyl (C=O) groups is 1. The Kier molecular flexibility index (Phi) is 8.66. The average Bonchev–Trinajstić information content (AvgIpc) is 2.27. The molecule has 0 radical (unpaired) electrons. The number of aliphatic hydroxyl groups is 1. The van der Waals surface area contributed by atoms with E-state index in [9.17, 15) is 9.90 Å². The van der Waals surface area contributed by atoms with Crippen molar-refractivity contribution < 1.29 is 14.6 Å². The molecule has 0 bridgehead atoms. The summed E-state index contributed by atoms with van der Waals surface area (Å²) in [7, 11) is 0. The minimum Gasteiger partial charge on any atom is -0.391 e. The van der Waals surface area contributed by atoms with Gasteiger partial charge in [0.1, 0.15) is 0 Å². The Morgan fingerprint density at radius 1 is 1.53 bits per heavy atom. The van der Waals surface area contributed by atoms with Gasteiger partial charge in [0.2, 0.25) is 5.91 Å². The van der Waals surface area contributed by atoms with Crippen LogP contribution in [0.1, 0.15) is 26.7 Å². The van der Waals surface area contributed by atoms with Gasteiger partial charge >= 0.3 is 0 Å². The molecule has 0 spiro atoms. The van der Waals surface area contributed by atoms with Crippen LogP contribution < -0.4 is 11.3 Å². The highest BCUT2D eigenvalue weighted by Crippen LogP contribution is 2.12. The first kappa shape index (κ1) is 16.1. The summed E-state index contributed by atoms with van der Waals surface area (Å²) in [5.41, 5.74) is 2.09. The SMILES string of the molecule is C=CC[C@H](C[C@@H](O)COCC(C)C)C(=O)NN. The van der Waals surface area contributed by atoms with E-state index in [1.807, 2.05) is 13.8 Å². The van der Waals surface area contributed by atoms with Gasteiger partial charge in [-0.2, -0.15) is 0 Å². The zero-order chi connectivity index (χ0) is 13.3. The van der Waals surface area contributed by atoms with Gasteiger partial charge in [-0.25, -0.2) is 5.84 Å². The molecular weight excluding hydrogens is 220 g/mol. The van der Waals surface area contributed by atoms with Gasteiger partial charge in [-0.05, 0) is 18.8 Å². The van der Waals surface area contributed by atoms with Gasteiger partial charge in [0.15, 0.2) is 0 Å². The standard InChI is InChI=1S/C12H24N2O3/c1-4-5-10(12(16)14-13)6-11(15)8-17-7-9(2)3/h4,9-11,15H,1,5-8,13H2,2-3H3,(H,14,16)/t10-,11-/m1/s1. The van der Waals surface area contributed by atoms with Crippen molar-refractivity contribution in [2.75, 3.05) is 13.2 Å². The van der Waals surface area contributed by atoms with Crippen molar-refractivity contribution in [2.45, 2.75) is 32.8 Å². The highest BCUT2D eigenvalue weighted by Gasteiger charge is 2.20. The second-order valence-corrected chi connectivity index (χ2v) is 4.55. The van der Waals surface area contributed by atoms with Crippen LogP contribution >= 0.6 is 0 Å². The molecule has 0 heterocycles. The van der Waals surface area contributed by atoms with Crippen molar-refractivity contribution in [3.05, 3.63) is 12.7 Å². The van der Waals surface area contributed by atoms with Crippen LogP contribution in [0.25, 0.3) is 0 Å². The summed E-state index contributed by atoms with van der Waals surface area (Å²) < 4.78 is 5.31. The predicted octanol–water partition coefficient (Wildman–Crippen LogP) is 0.592. The maximum absolute atomic E-state index is 11.4. The third kappa shape index (κ3) is 7.90. The maximum Gasteiger partial charge on any atom is 0.237 e. The third-order valence-corrected chi connectivity index (χ3v) is 2.28. The van der Waals surface area contributed by atoms with Crippen LogP contribution in [0, 0.1) is 11.8 Å². The zero-order valence-corrected chi connectivity index (χ0v) is 10.7. The normalized spacial score (nSPS) is 14.4. The first-order chi connectivity index (χ1) is 8.01. The number of nitrogens with one attached hydrogen (secondary N) is 1. The van der Waals surface area contributed by atoms with Crippen LogP contribution in [0.4, 0.5) is 0 Å². The number of carbonyl (C=O) groups excluding carboxylic acids is 1. The van der Waals surface area contributed by atoms with Crippen LogP contribution in [-0.4, -0.2) is 30.3 Å². The molecule has 5 nitrogen and oxygen atoms in total. The molecule has 4 N–H and O–H groups in total. The monoisotopic (exact) mass is 244 g/mol. The summed E-state index contributed by atoms with van der Waals surface area (Å²) in [5.74, 6) is 4.87. The largest absolute Gasteiger partial charge is 0.391 e. The smallest absolute Gasteiger partial charge is 0.237 e. The number of aliphatic hydroxyl groups excluding tert-OH is 1. The second kappa shape index (κ2) is 9.15. The van der Waals surface area contributed by atoms with E-state index in [1.54, 1.807) is 6.08 Å². The van der Waals surface area contributed by atoms with Crippen LogP contribution in [0.2, 0.25) is 0 Å². The van der Waals surface area contributed by atoms with Crippen molar-refractivity contribution >= 4 is 5.91 Å². The summed E-state index contributed by atoms with van der Waals surface area (Å²) in [4.78, 5) is 11.4. The molecule has 100 valence electrons. The molecule has 2 atom stereocenters. The molecular formula is C12H24N2O3. The van der Waals surface area contributed by atoms with Crippen LogP contribution in [0.3, 0.4) is 0 Å². The van der Waals surface area contributed by atoms with E-state index in [2.05, 4.69) is 12.0 Å². The number of amides is 1. The van der Waals surface area contributed by atoms with E-state index in [0.29, 0.717) is 25.4 Å². The van der Waals surface area contributed by atoms with E-state index in [-0.39, 0.29) is 18.4 Å². The summed E-state index contributed by atoms with van der Waals surface area (Å²) >= 11 is 0. The van der Waals surface area contributed by atoms with Gasteiger partial charge in [0.05, 0.1) is 12.7 Å². The molecule has 0 saturated carbocycles. The summed E-state index contributed by atoms with van der Waals surface area (Å²) in [6.07, 6.45) is 1.80. The van der Waals surface area contributed by atoms with E-state index in [0.717, 1.165) is 0 Å². The van der Waals surface area contributed by atoms with E-state index < -0.39 is 6.10 Å². The molecule has 5 heteroatoms. The molecule has 0 aliphatic rings. The van der Waals surface area contributed by atoms with E-state index in [1.165, 1.54) is 0 Å². The molecule has 0 aliphatic carbocycles. The molecule has 0 aromatic carbocycles. The summed E-state index contributed by atoms with van der Waals surface area (Å²) in [5, 5.41) is 9.72. The lowest BCUT2D eigenvalue weighted by Gasteiger charge is -2.18. The van der Waals surface area contributed by atoms with Crippen molar-refractivity contribution in [3.8, 4) is 0 Å². The number of hydrogen-bond acceptors (Lipinski definition) is 4. The highest BCUT2D eigenvalue weighted by atomic mass is 16.5. The molecule has 17 heavy (non-hydrogen) atoms. The van der Waals surface area contributed by atoms with Gasteiger partial charge in [0.25, 0.3) is 0 Å².